The van der Waals surface area contributed by atoms with Crippen LogP contribution in [-0.4, -0.2) is 36.5 Å². The molecule has 0 bridgehead atoms. The van der Waals surface area contributed by atoms with Crippen LogP contribution in [0.25, 0.3) is 0 Å². The molecular formula is C15H28N2O. The fourth-order valence-electron chi connectivity index (χ4n) is 3.39. The number of hydrogen-bond acceptors (Lipinski definition) is 2. The van der Waals surface area contributed by atoms with Gasteiger partial charge >= 0.3 is 0 Å². The molecule has 0 saturated carbocycles. The molecule has 2 aliphatic rings. The van der Waals surface area contributed by atoms with Crippen LogP contribution in [0, 0.1) is 11.3 Å². The number of hydrogen-bond donors (Lipinski definition) is 1. The molecule has 2 unspecified atom stereocenters. The highest BCUT2D eigenvalue weighted by Crippen LogP contribution is 2.29. The number of carbonyl (C=O) groups excluding carboxylic acids is 1. The van der Waals surface area contributed by atoms with Crippen LogP contribution in [0.3, 0.4) is 0 Å². The number of rotatable bonds is 2. The van der Waals surface area contributed by atoms with Crippen molar-refractivity contribution in [3.8, 4) is 0 Å². The fourth-order valence-corrected chi connectivity index (χ4v) is 3.39. The predicted molar refractivity (Wildman–Crippen MR) is 74.4 cm³/mol. The topological polar surface area (TPSA) is 32.3 Å². The molecule has 3 heteroatoms. The Bertz CT molecular complexity index is 301. The van der Waals surface area contributed by atoms with E-state index in [4.69, 9.17) is 0 Å². The van der Waals surface area contributed by atoms with Crippen LogP contribution < -0.4 is 5.32 Å². The standard InChI is InChI=1S/C15H28N2O/c1-4-12-6-8-16-13(10-12)14(18)17-9-5-7-15(2,3)11-17/h12-13,16H,4-11H2,1-3H3. The molecule has 104 valence electrons. The summed E-state index contributed by atoms with van der Waals surface area (Å²) in [5.41, 5.74) is 0.298. The third-order valence-electron chi connectivity index (χ3n) is 4.60. The second-order valence-electron chi connectivity index (χ2n) is 6.83. The van der Waals surface area contributed by atoms with Crippen molar-refractivity contribution in [3.63, 3.8) is 0 Å². The molecule has 0 aromatic rings. The average molecular weight is 252 g/mol. The van der Waals surface area contributed by atoms with Gasteiger partial charge in [0.25, 0.3) is 0 Å². The maximum absolute atomic E-state index is 12.6. The van der Waals surface area contributed by atoms with E-state index in [9.17, 15) is 4.79 Å². The van der Waals surface area contributed by atoms with Crippen molar-refractivity contribution in [2.75, 3.05) is 19.6 Å². The third-order valence-corrected chi connectivity index (χ3v) is 4.60. The molecule has 2 rings (SSSR count). The van der Waals surface area contributed by atoms with E-state index in [1.807, 2.05) is 0 Å². The summed E-state index contributed by atoms with van der Waals surface area (Å²) in [6, 6.07) is 0.0811. The number of likely N-dealkylation sites (tertiary alicyclic amines) is 1. The van der Waals surface area contributed by atoms with Crippen molar-refractivity contribution >= 4 is 5.91 Å². The number of carbonyl (C=O) groups is 1. The Kier molecular flexibility index (Phi) is 4.31. The molecule has 1 N–H and O–H groups in total. The van der Waals surface area contributed by atoms with E-state index in [-0.39, 0.29) is 6.04 Å². The van der Waals surface area contributed by atoms with E-state index < -0.39 is 0 Å². The molecule has 2 fully saturated rings. The summed E-state index contributed by atoms with van der Waals surface area (Å²) in [5.74, 6) is 1.08. The minimum atomic E-state index is 0.0811. The van der Waals surface area contributed by atoms with E-state index in [2.05, 4.69) is 31.0 Å². The summed E-state index contributed by atoms with van der Waals surface area (Å²) < 4.78 is 0. The average Bonchev–Trinajstić information content (AvgIpc) is 2.37. The Balaban J connectivity index is 1.94. The Morgan fingerprint density at radius 3 is 2.89 bits per heavy atom. The first-order valence-electron chi connectivity index (χ1n) is 7.54. The van der Waals surface area contributed by atoms with Crippen molar-refractivity contribution in [3.05, 3.63) is 0 Å². The van der Waals surface area contributed by atoms with Crippen LogP contribution in [0.4, 0.5) is 0 Å². The Labute approximate surface area is 111 Å². The molecule has 0 spiro atoms. The molecule has 1 amide bonds. The second kappa shape index (κ2) is 5.60. The lowest BCUT2D eigenvalue weighted by atomic mass is 9.83. The van der Waals surface area contributed by atoms with Gasteiger partial charge in [0.05, 0.1) is 6.04 Å². The Morgan fingerprint density at radius 2 is 2.22 bits per heavy atom. The third kappa shape index (κ3) is 3.25. The predicted octanol–water partition coefficient (Wildman–Crippen LogP) is 2.41. The van der Waals surface area contributed by atoms with Crippen LogP contribution in [0.5, 0.6) is 0 Å². The minimum absolute atomic E-state index is 0.0811. The van der Waals surface area contributed by atoms with Crippen molar-refractivity contribution < 1.29 is 4.79 Å². The zero-order valence-corrected chi connectivity index (χ0v) is 12.2. The van der Waals surface area contributed by atoms with E-state index >= 15 is 0 Å². The van der Waals surface area contributed by atoms with E-state index in [1.54, 1.807) is 0 Å². The lowest BCUT2D eigenvalue weighted by Crippen LogP contribution is -2.53. The maximum Gasteiger partial charge on any atom is 0.239 e. The molecule has 2 aliphatic heterocycles. The first-order chi connectivity index (χ1) is 8.52. The molecule has 0 radical (unpaired) electrons. The SMILES string of the molecule is CCC1CCNC(C(=O)N2CCCC(C)(C)C2)C1. The highest BCUT2D eigenvalue weighted by atomic mass is 16.2. The quantitative estimate of drug-likeness (QED) is 0.818. The van der Waals surface area contributed by atoms with Crippen molar-refractivity contribution in [2.45, 2.75) is 58.9 Å². The zero-order valence-electron chi connectivity index (χ0n) is 12.2. The largest absolute Gasteiger partial charge is 0.341 e. The summed E-state index contributed by atoms with van der Waals surface area (Å²) in [6.07, 6.45) is 5.87. The van der Waals surface area contributed by atoms with Gasteiger partial charge in [-0.2, -0.15) is 0 Å². The van der Waals surface area contributed by atoms with Crippen molar-refractivity contribution in [1.29, 1.82) is 0 Å². The molecule has 2 saturated heterocycles. The molecule has 2 heterocycles. The monoisotopic (exact) mass is 252 g/mol. The normalized spacial score (nSPS) is 32.3. The van der Waals surface area contributed by atoms with Crippen LogP contribution in [0.2, 0.25) is 0 Å². The highest BCUT2D eigenvalue weighted by Gasteiger charge is 2.34. The maximum atomic E-state index is 12.6. The van der Waals surface area contributed by atoms with Gasteiger partial charge in [0.15, 0.2) is 0 Å². The van der Waals surface area contributed by atoms with Crippen molar-refractivity contribution in [1.82, 2.24) is 10.2 Å². The summed E-state index contributed by atoms with van der Waals surface area (Å²) in [4.78, 5) is 14.7. The van der Waals surface area contributed by atoms with Gasteiger partial charge in [0, 0.05) is 13.1 Å². The lowest BCUT2D eigenvalue weighted by molar-refractivity contribution is -0.137. The molecule has 0 aromatic carbocycles. The van der Waals surface area contributed by atoms with E-state index in [1.165, 1.54) is 19.3 Å². The van der Waals surface area contributed by atoms with Crippen LogP contribution in [-0.2, 0) is 4.79 Å². The molecule has 18 heavy (non-hydrogen) atoms. The number of nitrogens with one attached hydrogen (secondary N) is 1. The van der Waals surface area contributed by atoms with Gasteiger partial charge in [-0.1, -0.05) is 27.2 Å². The summed E-state index contributed by atoms with van der Waals surface area (Å²) in [5, 5.41) is 3.42. The molecule has 3 nitrogen and oxygen atoms in total. The summed E-state index contributed by atoms with van der Waals surface area (Å²) in [7, 11) is 0. The van der Waals surface area contributed by atoms with Gasteiger partial charge in [-0.3, -0.25) is 4.79 Å². The van der Waals surface area contributed by atoms with Gasteiger partial charge in [-0.15, -0.1) is 0 Å². The van der Waals surface area contributed by atoms with Crippen LogP contribution >= 0.6 is 0 Å². The van der Waals surface area contributed by atoms with Gasteiger partial charge in [0.2, 0.25) is 5.91 Å². The van der Waals surface area contributed by atoms with E-state index in [0.29, 0.717) is 11.3 Å². The minimum Gasteiger partial charge on any atom is -0.341 e. The van der Waals surface area contributed by atoms with E-state index in [0.717, 1.165) is 38.4 Å². The van der Waals surface area contributed by atoms with Gasteiger partial charge in [-0.25, -0.2) is 0 Å². The molecule has 0 aliphatic carbocycles. The zero-order chi connectivity index (χ0) is 13.2. The number of amides is 1. The fraction of sp³-hybridized carbons (Fsp3) is 0.933. The first kappa shape index (κ1) is 13.9. The number of piperidine rings is 2. The van der Waals surface area contributed by atoms with Gasteiger partial charge < -0.3 is 10.2 Å². The second-order valence-corrected chi connectivity index (χ2v) is 6.83. The Morgan fingerprint density at radius 1 is 1.44 bits per heavy atom. The molecular weight excluding hydrogens is 224 g/mol. The smallest absolute Gasteiger partial charge is 0.239 e. The number of nitrogens with zero attached hydrogens (tertiary/aromatic N) is 1. The molecule has 2 atom stereocenters. The molecule has 0 aromatic heterocycles. The first-order valence-corrected chi connectivity index (χ1v) is 7.54. The lowest BCUT2D eigenvalue weighted by Gasteiger charge is -2.41. The van der Waals surface area contributed by atoms with Gasteiger partial charge in [-0.05, 0) is 43.6 Å². The van der Waals surface area contributed by atoms with Crippen LogP contribution in [0.15, 0.2) is 0 Å². The van der Waals surface area contributed by atoms with Crippen molar-refractivity contribution in [2.24, 2.45) is 11.3 Å². The van der Waals surface area contributed by atoms with Crippen LogP contribution in [0.1, 0.15) is 52.9 Å². The summed E-state index contributed by atoms with van der Waals surface area (Å²) >= 11 is 0. The summed E-state index contributed by atoms with van der Waals surface area (Å²) in [6.45, 7) is 9.68. The van der Waals surface area contributed by atoms with Gasteiger partial charge in [0.1, 0.15) is 0 Å². The Hall–Kier alpha value is -0.570. The highest BCUT2D eigenvalue weighted by molar-refractivity contribution is 5.82.